The van der Waals surface area contributed by atoms with E-state index in [-0.39, 0.29) is 23.2 Å². The van der Waals surface area contributed by atoms with Gasteiger partial charge in [-0.05, 0) is 18.2 Å². The van der Waals surface area contributed by atoms with Gasteiger partial charge in [0.05, 0.1) is 10.7 Å². The first-order valence-electron chi connectivity index (χ1n) is 7.60. The summed E-state index contributed by atoms with van der Waals surface area (Å²) in [4.78, 5) is 17.1. The number of carbonyl (C=O) groups is 1. The van der Waals surface area contributed by atoms with Gasteiger partial charge in [0.2, 0.25) is 0 Å². The highest BCUT2D eigenvalue weighted by Gasteiger charge is 2.18. The molecule has 0 fully saturated rings. The number of benzene rings is 2. The molecular weight excluding hydrogens is 322 g/mol. The number of aromatic nitrogens is 1. The van der Waals surface area contributed by atoms with Crippen LogP contribution in [0.5, 0.6) is 11.5 Å². The molecule has 1 atom stereocenters. The molecule has 0 saturated heterocycles. The van der Waals surface area contributed by atoms with E-state index in [1.807, 2.05) is 42.6 Å². The highest BCUT2D eigenvalue weighted by atomic mass is 32.1. The number of rotatable bonds is 5. The molecule has 0 spiro atoms. The monoisotopic (exact) mass is 339 g/mol. The number of ketones is 1. The molecule has 0 aliphatic carbocycles. The van der Waals surface area contributed by atoms with E-state index in [1.54, 1.807) is 0 Å². The quantitative estimate of drug-likeness (QED) is 0.537. The van der Waals surface area contributed by atoms with Crippen molar-refractivity contribution in [2.45, 2.75) is 13.3 Å². The van der Waals surface area contributed by atoms with Crippen LogP contribution in [-0.4, -0.2) is 21.0 Å². The fourth-order valence-electron chi connectivity index (χ4n) is 2.46. The zero-order valence-electron chi connectivity index (χ0n) is 13.1. The molecule has 0 amide bonds. The van der Waals surface area contributed by atoms with Crippen LogP contribution in [0.3, 0.4) is 0 Å². The van der Waals surface area contributed by atoms with Crippen LogP contribution in [-0.2, 0) is 6.42 Å². The summed E-state index contributed by atoms with van der Waals surface area (Å²) in [5.74, 6) is -0.856. The van der Waals surface area contributed by atoms with Crippen LogP contribution < -0.4 is 0 Å². The summed E-state index contributed by atoms with van der Waals surface area (Å²) < 4.78 is 0. The third kappa shape index (κ3) is 3.46. The van der Waals surface area contributed by atoms with Crippen molar-refractivity contribution in [3.8, 4) is 22.8 Å². The van der Waals surface area contributed by atoms with E-state index >= 15 is 0 Å². The molecule has 24 heavy (non-hydrogen) atoms. The lowest BCUT2D eigenvalue weighted by Crippen LogP contribution is -2.13. The molecule has 1 unspecified atom stereocenters. The van der Waals surface area contributed by atoms with Crippen molar-refractivity contribution >= 4 is 17.1 Å². The van der Waals surface area contributed by atoms with Crippen LogP contribution in [0.1, 0.15) is 22.3 Å². The largest absolute Gasteiger partial charge is 0.504 e. The van der Waals surface area contributed by atoms with Crippen LogP contribution in [0.2, 0.25) is 0 Å². The molecule has 122 valence electrons. The third-order valence-corrected chi connectivity index (χ3v) is 4.68. The third-order valence-electron chi connectivity index (χ3n) is 3.81. The number of phenols is 2. The fourth-order valence-corrected chi connectivity index (χ4v) is 3.40. The number of nitrogens with zero attached hydrogens (tertiary/aromatic N) is 1. The molecule has 2 aromatic carbocycles. The predicted molar refractivity (Wildman–Crippen MR) is 94.5 cm³/mol. The first-order chi connectivity index (χ1) is 11.5. The van der Waals surface area contributed by atoms with Crippen LogP contribution >= 0.6 is 11.3 Å². The van der Waals surface area contributed by atoms with Gasteiger partial charge >= 0.3 is 0 Å². The SMILES string of the molecule is CC(Cc1nc(-c2ccccc2)cs1)C(=O)c1ccc(O)c(O)c1. The molecule has 0 aliphatic rings. The maximum absolute atomic E-state index is 12.5. The van der Waals surface area contributed by atoms with Crippen molar-refractivity contribution in [1.29, 1.82) is 0 Å². The van der Waals surface area contributed by atoms with Crippen LogP contribution in [0.25, 0.3) is 11.3 Å². The molecule has 1 aromatic heterocycles. The summed E-state index contributed by atoms with van der Waals surface area (Å²) in [6.45, 7) is 1.84. The number of thiazole rings is 1. The molecule has 3 aromatic rings. The zero-order valence-corrected chi connectivity index (χ0v) is 14.0. The van der Waals surface area contributed by atoms with Crippen molar-refractivity contribution in [2.75, 3.05) is 0 Å². The Hall–Kier alpha value is -2.66. The van der Waals surface area contributed by atoms with Crippen molar-refractivity contribution in [3.63, 3.8) is 0 Å². The van der Waals surface area contributed by atoms with Gasteiger partial charge in [0.1, 0.15) is 0 Å². The highest BCUT2D eigenvalue weighted by Crippen LogP contribution is 2.28. The summed E-state index contributed by atoms with van der Waals surface area (Å²) in [7, 11) is 0. The average molecular weight is 339 g/mol. The van der Waals surface area contributed by atoms with Gasteiger partial charge in [0, 0.05) is 28.8 Å². The lowest BCUT2D eigenvalue weighted by molar-refractivity contribution is 0.0929. The molecule has 0 bridgehead atoms. The number of aromatic hydroxyl groups is 2. The number of phenolic OH excluding ortho intramolecular Hbond substituents is 2. The van der Waals surface area contributed by atoms with E-state index in [9.17, 15) is 15.0 Å². The van der Waals surface area contributed by atoms with Gasteiger partial charge in [0.25, 0.3) is 0 Å². The van der Waals surface area contributed by atoms with Gasteiger partial charge in [-0.25, -0.2) is 4.98 Å². The van der Waals surface area contributed by atoms with Gasteiger partial charge in [-0.3, -0.25) is 4.79 Å². The second-order valence-corrected chi connectivity index (χ2v) is 6.61. The van der Waals surface area contributed by atoms with E-state index in [0.717, 1.165) is 16.3 Å². The minimum Gasteiger partial charge on any atom is -0.504 e. The number of Topliss-reactive ketones (excluding diaryl/α,β-unsaturated/α-hetero) is 1. The van der Waals surface area contributed by atoms with Crippen LogP contribution in [0.15, 0.2) is 53.9 Å². The molecule has 0 aliphatic heterocycles. The zero-order chi connectivity index (χ0) is 17.1. The normalized spacial score (nSPS) is 12.0. The molecule has 3 rings (SSSR count). The predicted octanol–water partition coefficient (Wildman–Crippen LogP) is 4.28. The molecule has 0 radical (unpaired) electrons. The first kappa shape index (κ1) is 16.2. The van der Waals surface area contributed by atoms with E-state index < -0.39 is 0 Å². The number of hydrogen-bond acceptors (Lipinski definition) is 5. The Bertz CT molecular complexity index is 858. The standard InChI is InChI=1S/C19H17NO3S/c1-12(19(23)14-7-8-16(21)17(22)10-14)9-18-20-15(11-24-18)13-5-3-2-4-6-13/h2-8,10-12,21-22H,9H2,1H3. The van der Waals surface area contributed by atoms with Crippen molar-refractivity contribution in [2.24, 2.45) is 5.92 Å². The molecule has 1 heterocycles. The summed E-state index contributed by atoms with van der Waals surface area (Å²) in [6, 6.07) is 14.1. The Balaban J connectivity index is 1.72. The van der Waals surface area contributed by atoms with Gasteiger partial charge in [-0.1, -0.05) is 37.3 Å². The van der Waals surface area contributed by atoms with Gasteiger partial charge in [-0.2, -0.15) is 0 Å². The molecular formula is C19H17NO3S. The van der Waals surface area contributed by atoms with E-state index in [4.69, 9.17) is 0 Å². The van der Waals surface area contributed by atoms with E-state index in [2.05, 4.69) is 4.98 Å². The second-order valence-electron chi connectivity index (χ2n) is 5.67. The first-order valence-corrected chi connectivity index (χ1v) is 8.48. The van der Waals surface area contributed by atoms with Crippen LogP contribution in [0, 0.1) is 5.92 Å². The minimum absolute atomic E-state index is 0.0817. The molecule has 2 N–H and O–H groups in total. The Morgan fingerprint density at radius 1 is 1.12 bits per heavy atom. The van der Waals surface area contributed by atoms with Gasteiger partial charge in [0.15, 0.2) is 17.3 Å². The molecule has 4 nitrogen and oxygen atoms in total. The maximum Gasteiger partial charge on any atom is 0.166 e. The summed E-state index contributed by atoms with van der Waals surface area (Å²) >= 11 is 1.54. The topological polar surface area (TPSA) is 70.4 Å². The Kier molecular flexibility index (Phi) is 4.62. The highest BCUT2D eigenvalue weighted by molar-refractivity contribution is 7.09. The van der Waals surface area contributed by atoms with Crippen molar-refractivity contribution < 1.29 is 15.0 Å². The Morgan fingerprint density at radius 2 is 1.88 bits per heavy atom. The maximum atomic E-state index is 12.5. The Labute approximate surface area is 144 Å². The summed E-state index contributed by atoms with van der Waals surface area (Å²) in [6.07, 6.45) is 0.540. The van der Waals surface area contributed by atoms with E-state index in [0.29, 0.717) is 12.0 Å². The summed E-state index contributed by atoms with van der Waals surface area (Å²) in [5.41, 5.74) is 2.36. The summed E-state index contributed by atoms with van der Waals surface area (Å²) in [5, 5.41) is 21.8. The van der Waals surface area contributed by atoms with E-state index in [1.165, 1.54) is 29.5 Å². The number of hydrogen-bond donors (Lipinski definition) is 2. The fraction of sp³-hybridized carbons (Fsp3) is 0.158. The van der Waals surface area contributed by atoms with Crippen LogP contribution in [0.4, 0.5) is 0 Å². The molecule has 5 heteroatoms. The van der Waals surface area contributed by atoms with Gasteiger partial charge in [-0.15, -0.1) is 11.3 Å². The van der Waals surface area contributed by atoms with Crippen molar-refractivity contribution in [3.05, 3.63) is 64.5 Å². The minimum atomic E-state index is -0.284. The lowest BCUT2D eigenvalue weighted by Gasteiger charge is -2.09. The second kappa shape index (κ2) is 6.84. The number of carbonyl (C=O) groups excluding carboxylic acids is 1. The smallest absolute Gasteiger partial charge is 0.166 e. The van der Waals surface area contributed by atoms with Gasteiger partial charge < -0.3 is 10.2 Å². The average Bonchev–Trinajstić information content (AvgIpc) is 3.06. The lowest BCUT2D eigenvalue weighted by atomic mass is 9.96. The Morgan fingerprint density at radius 3 is 2.58 bits per heavy atom. The molecule has 0 saturated carbocycles. The van der Waals surface area contributed by atoms with Crippen molar-refractivity contribution in [1.82, 2.24) is 4.98 Å².